The van der Waals surface area contributed by atoms with Gasteiger partial charge in [-0.3, -0.25) is 4.57 Å². The normalized spacial score (nSPS) is 12.8. The van der Waals surface area contributed by atoms with Crippen LogP contribution in [-0.4, -0.2) is 66.3 Å². The molecule has 19 heteroatoms. The van der Waals surface area contributed by atoms with Crippen LogP contribution >= 0.6 is 11.6 Å². The van der Waals surface area contributed by atoms with Gasteiger partial charge in [0, 0.05) is 21.2 Å². The Hall–Kier alpha value is -4.39. The number of alkyl halides is 3. The Morgan fingerprint density at radius 3 is 2.43 bits per heavy atom. The maximum Gasteiger partial charge on any atom is 0.425 e. The first-order valence-corrected chi connectivity index (χ1v) is 20.0. The number of pyridine rings is 1. The zero-order valence-electron chi connectivity index (χ0n) is 28.8. The van der Waals surface area contributed by atoms with Crippen molar-refractivity contribution < 1.29 is 36.5 Å². The molecule has 13 nitrogen and oxygen atoms in total. The predicted molar refractivity (Wildman–Crippen MR) is 182 cm³/mol. The van der Waals surface area contributed by atoms with Crippen molar-refractivity contribution in [2.45, 2.75) is 85.2 Å². The molecule has 0 bridgehead atoms. The third-order valence-corrected chi connectivity index (χ3v) is 9.71. The van der Waals surface area contributed by atoms with Crippen molar-refractivity contribution in [3.63, 3.8) is 0 Å². The highest BCUT2D eigenvalue weighted by molar-refractivity contribution is 6.76. The maximum absolute atomic E-state index is 16.4. The summed E-state index contributed by atoms with van der Waals surface area (Å²) < 4.78 is 83.6. The second kappa shape index (κ2) is 15.5. The van der Waals surface area contributed by atoms with Crippen molar-refractivity contribution in [2.24, 2.45) is 0 Å². The summed E-state index contributed by atoms with van der Waals surface area (Å²) in [5, 5.41) is 15.5. The molecule has 274 valence electrons. The second-order valence-electron chi connectivity index (χ2n) is 12.8. The lowest BCUT2D eigenvalue weighted by Crippen LogP contribution is -2.32. The summed E-state index contributed by atoms with van der Waals surface area (Å²) in [4.78, 5) is 17.5. The zero-order valence-corrected chi connectivity index (χ0v) is 30.5. The summed E-state index contributed by atoms with van der Waals surface area (Å²) in [5.74, 6) is -2.98. The molecule has 51 heavy (non-hydrogen) atoms. The number of aryl methyl sites for hydroxylation is 1. The molecule has 4 aromatic heterocycles. The van der Waals surface area contributed by atoms with Gasteiger partial charge >= 0.3 is 11.9 Å². The molecule has 0 saturated heterocycles. The molecule has 5 rings (SSSR count). The quantitative estimate of drug-likeness (QED) is 0.0636. The fraction of sp³-hybridized carbons (Fsp3) is 0.438. The van der Waals surface area contributed by atoms with Crippen LogP contribution in [0.15, 0.2) is 41.3 Å². The highest BCUT2D eigenvalue weighted by atomic mass is 35.5. The van der Waals surface area contributed by atoms with E-state index >= 15 is 4.39 Å². The molecule has 5 aromatic rings. The third-order valence-electron chi connectivity index (χ3n) is 7.64. The van der Waals surface area contributed by atoms with Crippen LogP contribution in [0.25, 0.3) is 16.6 Å². The van der Waals surface area contributed by atoms with Gasteiger partial charge in [0.15, 0.2) is 34.5 Å². The number of hydrogen-bond donors (Lipinski definition) is 0. The lowest BCUT2D eigenvalue weighted by molar-refractivity contribution is -0.189. The molecule has 0 saturated carbocycles. The van der Waals surface area contributed by atoms with E-state index in [1.54, 1.807) is 13.8 Å². The fourth-order valence-electron chi connectivity index (χ4n) is 4.79. The monoisotopic (exact) mass is 752 g/mol. The van der Waals surface area contributed by atoms with E-state index in [-0.39, 0.29) is 48.9 Å². The SMILES string of the molecule is CCn1c(COCc2ccccc2)nn(-c2nc(O[C@@H](C)C(F)(F)F)c3c(Oc4c(C)nn(COCC[Si](C)(C)C)c4Cl)nncc3c2F)c1=O. The van der Waals surface area contributed by atoms with Crippen molar-refractivity contribution in [3.05, 3.63) is 75.1 Å². The van der Waals surface area contributed by atoms with E-state index in [1.165, 1.54) is 9.25 Å². The van der Waals surface area contributed by atoms with E-state index in [1.807, 2.05) is 30.3 Å². The summed E-state index contributed by atoms with van der Waals surface area (Å²) in [7, 11) is -1.35. The van der Waals surface area contributed by atoms with Crippen LogP contribution in [0.1, 0.15) is 30.9 Å². The van der Waals surface area contributed by atoms with Gasteiger partial charge in [0.05, 0.1) is 18.2 Å². The number of benzene rings is 1. The van der Waals surface area contributed by atoms with E-state index in [2.05, 4.69) is 45.0 Å². The lowest BCUT2D eigenvalue weighted by Gasteiger charge is -2.19. The molecule has 1 atom stereocenters. The van der Waals surface area contributed by atoms with E-state index in [0.29, 0.717) is 11.3 Å². The summed E-state index contributed by atoms with van der Waals surface area (Å²) in [6, 6.07) is 10.2. The van der Waals surface area contributed by atoms with Crippen molar-refractivity contribution in [2.75, 3.05) is 6.61 Å². The molecule has 0 radical (unpaired) electrons. The minimum Gasteiger partial charge on any atom is -0.464 e. The Bertz CT molecular complexity index is 2050. The number of nitrogens with zero attached hydrogens (tertiary/aromatic N) is 8. The van der Waals surface area contributed by atoms with Gasteiger partial charge in [-0.05, 0) is 32.4 Å². The average molecular weight is 753 g/mol. The predicted octanol–water partition coefficient (Wildman–Crippen LogP) is 6.84. The minimum atomic E-state index is -4.84. The van der Waals surface area contributed by atoms with Gasteiger partial charge in [-0.2, -0.15) is 33.0 Å². The molecular formula is C32H37ClF4N8O5Si. The lowest BCUT2D eigenvalue weighted by atomic mass is 10.2. The molecular weight excluding hydrogens is 716 g/mol. The van der Waals surface area contributed by atoms with Crippen molar-refractivity contribution in [1.82, 2.24) is 39.3 Å². The van der Waals surface area contributed by atoms with Crippen LogP contribution < -0.4 is 15.2 Å². The molecule has 0 fully saturated rings. The van der Waals surface area contributed by atoms with Gasteiger partial charge < -0.3 is 18.9 Å². The molecule has 0 N–H and O–H groups in total. The number of ether oxygens (including phenoxy) is 4. The Morgan fingerprint density at radius 1 is 1.04 bits per heavy atom. The highest BCUT2D eigenvalue weighted by Gasteiger charge is 2.39. The van der Waals surface area contributed by atoms with E-state index in [0.717, 1.165) is 24.7 Å². The van der Waals surface area contributed by atoms with Crippen molar-refractivity contribution in [1.29, 1.82) is 0 Å². The van der Waals surface area contributed by atoms with Crippen molar-refractivity contribution in [3.8, 4) is 23.3 Å². The first-order valence-electron chi connectivity index (χ1n) is 16.0. The van der Waals surface area contributed by atoms with Gasteiger partial charge in [0.25, 0.3) is 5.88 Å². The average Bonchev–Trinajstić information content (AvgIpc) is 3.53. The molecule has 1 aromatic carbocycles. The van der Waals surface area contributed by atoms with Crippen LogP contribution in [0.4, 0.5) is 17.6 Å². The van der Waals surface area contributed by atoms with E-state index in [9.17, 15) is 18.0 Å². The molecule has 0 aliphatic rings. The first kappa shape index (κ1) is 37.9. The van der Waals surface area contributed by atoms with Crippen LogP contribution in [0.2, 0.25) is 30.8 Å². The number of hydrogen-bond acceptors (Lipinski definition) is 10. The molecule has 0 amide bonds. The Balaban J connectivity index is 1.54. The second-order valence-corrected chi connectivity index (χ2v) is 18.8. The molecule has 0 aliphatic carbocycles. The summed E-state index contributed by atoms with van der Waals surface area (Å²) in [5.41, 5.74) is 0.345. The Morgan fingerprint density at radius 2 is 1.76 bits per heavy atom. The summed E-state index contributed by atoms with van der Waals surface area (Å²) >= 11 is 6.57. The van der Waals surface area contributed by atoms with Crippen LogP contribution in [0.5, 0.6) is 17.5 Å². The van der Waals surface area contributed by atoms with Crippen LogP contribution in [-0.2, 0) is 36.0 Å². The minimum absolute atomic E-state index is 0.00414. The van der Waals surface area contributed by atoms with Gasteiger partial charge in [0.1, 0.15) is 24.4 Å². The fourth-order valence-corrected chi connectivity index (χ4v) is 5.81. The summed E-state index contributed by atoms with van der Waals surface area (Å²) in [6.07, 6.45) is -6.31. The Kier molecular flexibility index (Phi) is 11.5. The number of fused-ring (bicyclic) bond motifs is 1. The van der Waals surface area contributed by atoms with Crippen molar-refractivity contribution >= 4 is 30.4 Å². The Labute approximate surface area is 296 Å². The van der Waals surface area contributed by atoms with Gasteiger partial charge in [-0.1, -0.05) is 61.6 Å². The first-order chi connectivity index (χ1) is 24.1. The molecule has 0 unspecified atom stereocenters. The topological polar surface area (TPSA) is 133 Å². The molecule has 0 spiro atoms. The van der Waals surface area contributed by atoms with Gasteiger partial charge in [-0.15, -0.1) is 10.2 Å². The van der Waals surface area contributed by atoms with Gasteiger partial charge in [-0.25, -0.2) is 13.9 Å². The third kappa shape index (κ3) is 8.74. The van der Waals surface area contributed by atoms with Gasteiger partial charge in [0.2, 0.25) is 5.88 Å². The van der Waals surface area contributed by atoms with E-state index < -0.39 is 60.2 Å². The largest absolute Gasteiger partial charge is 0.464 e. The molecule has 0 aliphatic heterocycles. The zero-order chi connectivity index (χ0) is 37.1. The number of aromatic nitrogens is 8. The number of halogens is 5. The van der Waals surface area contributed by atoms with E-state index in [4.69, 9.17) is 30.5 Å². The standard InChI is InChI=1S/C32H37ClF4N8O5Si/c1-7-43-23(17-48-16-21-11-9-8-10-12-21)42-45(31(43)46)28-25(34)22-15-38-40-30(24(22)29(39-28)49-20(3)32(35,36)37)50-26-19(2)41-44(27(26)33)18-47-13-14-51(4,5)6/h8-12,15,20H,7,13-14,16-18H2,1-6H3/t20-/m0/s1. The smallest absolute Gasteiger partial charge is 0.425 e. The van der Waals surface area contributed by atoms with Crippen LogP contribution in [0, 0.1) is 12.7 Å². The maximum atomic E-state index is 16.4. The number of rotatable bonds is 15. The highest BCUT2D eigenvalue weighted by Crippen LogP contribution is 2.40. The summed E-state index contributed by atoms with van der Waals surface area (Å²) in [6.45, 7) is 11.3. The molecule has 4 heterocycles. The van der Waals surface area contributed by atoms with Crippen LogP contribution in [0.3, 0.4) is 0 Å².